The fourth-order valence-electron chi connectivity index (χ4n) is 1.48. The molecule has 1 heterocycles. The molecule has 1 aromatic carbocycles. The molecule has 0 aliphatic heterocycles. The molecule has 0 spiro atoms. The molecule has 94 valence electrons. The lowest BCUT2D eigenvalue weighted by atomic mass is 10.3. The SMILES string of the molecule is CNc1nc(C)cc(Nc2cc(Br)ccc2F)n1. The first-order valence-electron chi connectivity index (χ1n) is 5.34. The Balaban J connectivity index is 2.33. The number of nitrogens with one attached hydrogen (secondary N) is 2. The van der Waals surface area contributed by atoms with E-state index in [1.165, 1.54) is 6.07 Å². The van der Waals surface area contributed by atoms with E-state index in [0.29, 0.717) is 17.5 Å². The highest BCUT2D eigenvalue weighted by atomic mass is 79.9. The van der Waals surface area contributed by atoms with E-state index in [-0.39, 0.29) is 5.82 Å². The molecule has 0 saturated heterocycles. The lowest BCUT2D eigenvalue weighted by molar-refractivity contribution is 0.631. The topological polar surface area (TPSA) is 49.8 Å². The number of aromatic nitrogens is 2. The van der Waals surface area contributed by atoms with E-state index < -0.39 is 0 Å². The van der Waals surface area contributed by atoms with Gasteiger partial charge in [0.15, 0.2) is 0 Å². The molecular weight excluding hydrogens is 299 g/mol. The molecule has 0 unspecified atom stereocenters. The number of halogens is 2. The Morgan fingerprint density at radius 1 is 1.22 bits per heavy atom. The Morgan fingerprint density at radius 3 is 2.72 bits per heavy atom. The van der Waals surface area contributed by atoms with Gasteiger partial charge in [-0.3, -0.25) is 0 Å². The maximum atomic E-state index is 13.6. The van der Waals surface area contributed by atoms with Crippen molar-refractivity contribution in [3.63, 3.8) is 0 Å². The predicted molar refractivity (Wildman–Crippen MR) is 73.7 cm³/mol. The van der Waals surface area contributed by atoms with Crippen molar-refractivity contribution in [2.75, 3.05) is 17.7 Å². The lowest BCUT2D eigenvalue weighted by Crippen LogP contribution is -2.02. The highest BCUT2D eigenvalue weighted by Crippen LogP contribution is 2.23. The van der Waals surface area contributed by atoms with Gasteiger partial charge in [-0.25, -0.2) is 9.37 Å². The first kappa shape index (κ1) is 12.8. The summed E-state index contributed by atoms with van der Waals surface area (Å²) in [5, 5.41) is 5.79. The number of benzene rings is 1. The van der Waals surface area contributed by atoms with E-state index in [1.54, 1.807) is 25.2 Å². The van der Waals surface area contributed by atoms with Gasteiger partial charge in [0.25, 0.3) is 0 Å². The third-order valence-electron chi connectivity index (χ3n) is 2.27. The van der Waals surface area contributed by atoms with Crippen molar-refractivity contribution >= 4 is 33.4 Å². The van der Waals surface area contributed by atoms with Crippen LogP contribution >= 0.6 is 15.9 Å². The van der Waals surface area contributed by atoms with Crippen LogP contribution in [0.15, 0.2) is 28.7 Å². The molecule has 0 fully saturated rings. The molecule has 0 bridgehead atoms. The first-order chi connectivity index (χ1) is 8.58. The quantitative estimate of drug-likeness (QED) is 0.911. The molecule has 0 amide bonds. The van der Waals surface area contributed by atoms with Crippen molar-refractivity contribution in [3.8, 4) is 0 Å². The molecule has 4 nitrogen and oxygen atoms in total. The third-order valence-corrected chi connectivity index (χ3v) is 2.76. The Kier molecular flexibility index (Phi) is 3.76. The van der Waals surface area contributed by atoms with Gasteiger partial charge in [0.05, 0.1) is 5.69 Å². The minimum Gasteiger partial charge on any atom is -0.357 e. The smallest absolute Gasteiger partial charge is 0.224 e. The van der Waals surface area contributed by atoms with Gasteiger partial charge in [0.1, 0.15) is 11.6 Å². The summed E-state index contributed by atoms with van der Waals surface area (Å²) in [6.45, 7) is 1.85. The summed E-state index contributed by atoms with van der Waals surface area (Å²) in [6, 6.07) is 6.44. The van der Waals surface area contributed by atoms with E-state index in [4.69, 9.17) is 0 Å². The molecule has 2 rings (SSSR count). The second-order valence-electron chi connectivity index (χ2n) is 3.72. The summed E-state index contributed by atoms with van der Waals surface area (Å²) in [6.07, 6.45) is 0. The fourth-order valence-corrected chi connectivity index (χ4v) is 1.84. The van der Waals surface area contributed by atoms with Crippen LogP contribution < -0.4 is 10.6 Å². The van der Waals surface area contributed by atoms with Crippen molar-refractivity contribution in [1.29, 1.82) is 0 Å². The zero-order chi connectivity index (χ0) is 13.1. The number of hydrogen-bond donors (Lipinski definition) is 2. The average Bonchev–Trinajstić information content (AvgIpc) is 2.33. The van der Waals surface area contributed by atoms with Crippen molar-refractivity contribution in [1.82, 2.24) is 9.97 Å². The van der Waals surface area contributed by atoms with E-state index in [0.717, 1.165) is 10.2 Å². The maximum Gasteiger partial charge on any atom is 0.224 e. The van der Waals surface area contributed by atoms with Gasteiger partial charge in [-0.2, -0.15) is 4.98 Å². The highest BCUT2D eigenvalue weighted by Gasteiger charge is 2.06. The summed E-state index contributed by atoms with van der Waals surface area (Å²) in [5.41, 5.74) is 1.16. The number of anilines is 3. The number of hydrogen-bond acceptors (Lipinski definition) is 4. The molecule has 1 aromatic heterocycles. The molecule has 0 radical (unpaired) electrons. The second-order valence-corrected chi connectivity index (χ2v) is 4.63. The van der Waals surface area contributed by atoms with E-state index >= 15 is 0 Å². The lowest BCUT2D eigenvalue weighted by Gasteiger charge is -2.09. The average molecular weight is 311 g/mol. The van der Waals surface area contributed by atoms with Gasteiger partial charge in [-0.1, -0.05) is 15.9 Å². The van der Waals surface area contributed by atoms with Crippen LogP contribution in [0.2, 0.25) is 0 Å². The van der Waals surface area contributed by atoms with E-state index in [1.807, 2.05) is 6.92 Å². The number of aryl methyl sites for hydroxylation is 1. The van der Waals surface area contributed by atoms with Gasteiger partial charge in [-0.05, 0) is 25.1 Å². The molecule has 2 N–H and O–H groups in total. The third kappa shape index (κ3) is 2.95. The Labute approximate surface area is 113 Å². The summed E-state index contributed by atoms with van der Waals surface area (Å²) >= 11 is 3.30. The van der Waals surface area contributed by atoms with Crippen LogP contribution in [-0.4, -0.2) is 17.0 Å². The minimum absolute atomic E-state index is 0.333. The van der Waals surface area contributed by atoms with Crippen LogP contribution in [0.1, 0.15) is 5.69 Å². The Hall–Kier alpha value is -1.69. The van der Waals surface area contributed by atoms with Crippen LogP contribution in [0.4, 0.5) is 21.8 Å². The Morgan fingerprint density at radius 2 is 2.00 bits per heavy atom. The fraction of sp³-hybridized carbons (Fsp3) is 0.167. The highest BCUT2D eigenvalue weighted by molar-refractivity contribution is 9.10. The standard InChI is InChI=1S/C12H12BrFN4/c1-7-5-11(18-12(15-2)16-7)17-10-6-8(13)3-4-9(10)14/h3-6H,1-2H3,(H2,15,16,17,18). The van der Waals surface area contributed by atoms with Crippen LogP contribution in [0.25, 0.3) is 0 Å². The normalized spacial score (nSPS) is 10.2. The largest absolute Gasteiger partial charge is 0.357 e. The van der Waals surface area contributed by atoms with Gasteiger partial charge >= 0.3 is 0 Å². The summed E-state index contributed by atoms with van der Waals surface area (Å²) < 4.78 is 14.4. The van der Waals surface area contributed by atoms with Crippen LogP contribution in [-0.2, 0) is 0 Å². The van der Waals surface area contributed by atoms with Crippen molar-refractivity contribution < 1.29 is 4.39 Å². The summed E-state index contributed by atoms with van der Waals surface area (Å²) in [5.74, 6) is 0.706. The zero-order valence-electron chi connectivity index (χ0n) is 9.96. The molecule has 0 atom stereocenters. The van der Waals surface area contributed by atoms with Gasteiger partial charge < -0.3 is 10.6 Å². The molecule has 6 heteroatoms. The molecule has 0 saturated carbocycles. The molecule has 18 heavy (non-hydrogen) atoms. The van der Waals surface area contributed by atoms with Crippen molar-refractivity contribution in [2.45, 2.75) is 6.92 Å². The summed E-state index contributed by atoms with van der Waals surface area (Å²) in [4.78, 5) is 8.37. The predicted octanol–water partition coefficient (Wildman–Crippen LogP) is 3.47. The zero-order valence-corrected chi connectivity index (χ0v) is 11.5. The van der Waals surface area contributed by atoms with Crippen LogP contribution in [0.5, 0.6) is 0 Å². The molecule has 0 aliphatic rings. The number of nitrogens with zero attached hydrogens (tertiary/aromatic N) is 2. The van der Waals surface area contributed by atoms with E-state index in [2.05, 4.69) is 36.5 Å². The van der Waals surface area contributed by atoms with Crippen molar-refractivity contribution in [3.05, 3.63) is 40.2 Å². The maximum absolute atomic E-state index is 13.6. The molecular formula is C12H12BrFN4. The molecule has 0 aliphatic carbocycles. The van der Waals surface area contributed by atoms with E-state index in [9.17, 15) is 4.39 Å². The number of rotatable bonds is 3. The first-order valence-corrected chi connectivity index (χ1v) is 6.13. The van der Waals surface area contributed by atoms with Crippen LogP contribution in [0.3, 0.4) is 0 Å². The summed E-state index contributed by atoms with van der Waals surface area (Å²) in [7, 11) is 1.73. The van der Waals surface area contributed by atoms with Gasteiger partial charge in [0, 0.05) is 23.3 Å². The second kappa shape index (κ2) is 5.30. The van der Waals surface area contributed by atoms with Crippen LogP contribution in [0, 0.1) is 12.7 Å². The van der Waals surface area contributed by atoms with Gasteiger partial charge in [-0.15, -0.1) is 0 Å². The molecule has 2 aromatic rings. The monoisotopic (exact) mass is 310 g/mol. The Bertz CT molecular complexity index is 574. The minimum atomic E-state index is -0.333. The van der Waals surface area contributed by atoms with Crippen molar-refractivity contribution in [2.24, 2.45) is 0 Å². The van der Waals surface area contributed by atoms with Gasteiger partial charge in [0.2, 0.25) is 5.95 Å².